The summed E-state index contributed by atoms with van der Waals surface area (Å²) in [5.74, 6) is 0. The third-order valence-corrected chi connectivity index (χ3v) is 9.41. The van der Waals surface area contributed by atoms with Gasteiger partial charge in [-0.3, -0.25) is 0 Å². The molecule has 0 bridgehead atoms. The number of hydrogen-bond acceptors (Lipinski definition) is 1. The topological polar surface area (TPSA) is 38.0 Å². The molecule has 9 aromatic rings. The predicted octanol–water partition coefficient (Wildman–Crippen LogP) is 11.6. The number of nitrogens with zero attached hydrogens (tertiary/aromatic N) is 4. The fraction of sp³-hybridized carbons (Fsp3) is 0. The van der Waals surface area contributed by atoms with Gasteiger partial charge in [-0.25, -0.2) is 4.85 Å². The number of fused-ring (bicyclic) bond motifs is 6. The van der Waals surface area contributed by atoms with Gasteiger partial charge >= 0.3 is 0 Å². The first kappa shape index (κ1) is 27.4. The van der Waals surface area contributed by atoms with E-state index in [0.29, 0.717) is 11.3 Å². The van der Waals surface area contributed by atoms with Crippen LogP contribution >= 0.6 is 0 Å². The van der Waals surface area contributed by atoms with Crippen LogP contribution in [0.15, 0.2) is 158 Å². The van der Waals surface area contributed by atoms with Crippen LogP contribution in [-0.2, 0) is 0 Å². The largest absolute Gasteiger partial charge is 0.319 e. The highest BCUT2D eigenvalue weighted by molar-refractivity contribution is 6.11. The summed E-state index contributed by atoms with van der Waals surface area (Å²) in [5, 5.41) is 15.2. The minimum atomic E-state index is 0.548. The van der Waals surface area contributed by atoms with Gasteiger partial charge in [-0.1, -0.05) is 115 Å². The van der Waals surface area contributed by atoms with Crippen molar-refractivity contribution in [1.29, 1.82) is 5.26 Å². The highest BCUT2D eigenvalue weighted by atomic mass is 15.0. The molecule has 0 saturated heterocycles. The Morgan fingerprint density at radius 2 is 0.917 bits per heavy atom. The molecule has 0 fully saturated rings. The first-order valence-electron chi connectivity index (χ1n) is 15.9. The van der Waals surface area contributed by atoms with E-state index in [-0.39, 0.29) is 0 Å². The summed E-state index contributed by atoms with van der Waals surface area (Å²) in [7, 11) is 0. The molecule has 48 heavy (non-hydrogen) atoms. The van der Waals surface area contributed by atoms with Crippen molar-refractivity contribution in [3.05, 3.63) is 175 Å². The Bertz CT molecular complexity index is 2710. The van der Waals surface area contributed by atoms with Crippen LogP contribution in [-0.4, -0.2) is 9.13 Å². The maximum absolute atomic E-state index is 10.6. The molecular formula is C44H26N4. The maximum atomic E-state index is 10.6. The van der Waals surface area contributed by atoms with E-state index < -0.39 is 0 Å². The molecular weight excluding hydrogens is 585 g/mol. The van der Waals surface area contributed by atoms with Gasteiger partial charge in [-0.2, -0.15) is 5.26 Å². The zero-order chi connectivity index (χ0) is 32.2. The summed E-state index contributed by atoms with van der Waals surface area (Å²) in [6, 6.07) is 56.3. The van der Waals surface area contributed by atoms with Crippen molar-refractivity contribution in [3.63, 3.8) is 0 Å². The molecule has 0 amide bonds. The Morgan fingerprint density at radius 3 is 1.46 bits per heavy atom. The zero-order valence-corrected chi connectivity index (χ0v) is 25.8. The standard InChI is InChI=1S/C44H26N4/c1-46-44-32(18-12-24-43(44)48-41-22-10-5-16-36(41)37-17-6-11-23-42(37)48)29-25-26-31(30(27-29)28-45)33-13-2-7-19-38(33)47-39-20-8-3-14-34(39)35-15-4-9-21-40(35)47/h2-27H. The predicted molar refractivity (Wildman–Crippen MR) is 197 cm³/mol. The molecule has 2 heterocycles. The normalized spacial score (nSPS) is 11.3. The van der Waals surface area contributed by atoms with E-state index in [1.165, 1.54) is 10.8 Å². The lowest BCUT2D eigenvalue weighted by Gasteiger charge is -2.17. The number of nitriles is 1. The third-order valence-electron chi connectivity index (χ3n) is 9.41. The number of aromatic nitrogens is 2. The average molecular weight is 611 g/mol. The molecule has 0 aliphatic heterocycles. The van der Waals surface area contributed by atoms with Gasteiger partial charge in [-0.05, 0) is 53.6 Å². The smallest absolute Gasteiger partial charge is 0.218 e. The van der Waals surface area contributed by atoms with Gasteiger partial charge in [-0.15, -0.1) is 0 Å². The second-order valence-corrected chi connectivity index (χ2v) is 11.9. The van der Waals surface area contributed by atoms with Crippen LogP contribution in [0, 0.1) is 17.9 Å². The molecule has 222 valence electrons. The first-order valence-corrected chi connectivity index (χ1v) is 15.9. The van der Waals surface area contributed by atoms with E-state index in [4.69, 9.17) is 6.57 Å². The molecule has 0 atom stereocenters. The second-order valence-electron chi connectivity index (χ2n) is 11.9. The van der Waals surface area contributed by atoms with Crippen molar-refractivity contribution in [3.8, 4) is 39.7 Å². The number of hydrogen-bond donors (Lipinski definition) is 0. The monoisotopic (exact) mass is 610 g/mol. The Balaban J connectivity index is 1.23. The van der Waals surface area contributed by atoms with E-state index in [0.717, 1.165) is 66.5 Å². The number of rotatable bonds is 4. The summed E-state index contributed by atoms with van der Waals surface area (Å²) >= 11 is 0. The van der Waals surface area contributed by atoms with Gasteiger partial charge in [0.2, 0.25) is 5.69 Å². The van der Waals surface area contributed by atoms with Crippen molar-refractivity contribution in [2.45, 2.75) is 0 Å². The Labute approximate surface area is 277 Å². The van der Waals surface area contributed by atoms with Gasteiger partial charge in [0.05, 0.1) is 51.6 Å². The summed E-state index contributed by atoms with van der Waals surface area (Å²) in [5.41, 5.74) is 10.7. The summed E-state index contributed by atoms with van der Waals surface area (Å²) in [6.07, 6.45) is 0. The number of benzene rings is 7. The number of para-hydroxylation sites is 6. The SMILES string of the molecule is [C-]#[N+]c1c(-c2ccc(-c3ccccc3-n3c4ccccc4c4ccccc43)c(C#N)c2)cccc1-n1c2ccccc2c2ccccc21. The van der Waals surface area contributed by atoms with Crippen LogP contribution in [0.25, 0.3) is 82.1 Å². The second kappa shape index (κ2) is 10.9. The van der Waals surface area contributed by atoms with E-state index in [1.54, 1.807) is 0 Å². The van der Waals surface area contributed by atoms with E-state index in [1.807, 2.05) is 60.7 Å². The van der Waals surface area contributed by atoms with Crippen molar-refractivity contribution >= 4 is 49.3 Å². The Kier molecular flexibility index (Phi) is 6.22. The lowest BCUT2D eigenvalue weighted by Crippen LogP contribution is -1.98. The molecule has 0 N–H and O–H groups in total. The molecule has 0 saturated carbocycles. The minimum Gasteiger partial charge on any atom is -0.319 e. The molecule has 0 spiro atoms. The van der Waals surface area contributed by atoms with Gasteiger partial charge in [0.25, 0.3) is 0 Å². The summed E-state index contributed by atoms with van der Waals surface area (Å²) < 4.78 is 4.48. The van der Waals surface area contributed by atoms with Crippen LogP contribution in [0.4, 0.5) is 5.69 Å². The highest BCUT2D eigenvalue weighted by Gasteiger charge is 2.20. The van der Waals surface area contributed by atoms with Crippen LogP contribution < -0.4 is 0 Å². The van der Waals surface area contributed by atoms with E-state index in [9.17, 15) is 5.26 Å². The van der Waals surface area contributed by atoms with Gasteiger partial charge in [0, 0.05) is 32.7 Å². The van der Waals surface area contributed by atoms with Crippen LogP contribution in [0.3, 0.4) is 0 Å². The van der Waals surface area contributed by atoms with Crippen molar-refractivity contribution in [2.24, 2.45) is 0 Å². The lowest BCUT2D eigenvalue weighted by molar-refractivity contribution is 1.18. The molecule has 0 aliphatic rings. The van der Waals surface area contributed by atoms with E-state index >= 15 is 0 Å². The molecule has 2 aromatic heterocycles. The Hall–Kier alpha value is -6.88. The lowest BCUT2D eigenvalue weighted by atomic mass is 9.93. The van der Waals surface area contributed by atoms with Gasteiger partial charge in [0.1, 0.15) is 0 Å². The molecule has 7 aromatic carbocycles. The molecule has 9 rings (SSSR count). The third kappa shape index (κ3) is 4.01. The van der Waals surface area contributed by atoms with Crippen molar-refractivity contribution in [2.75, 3.05) is 0 Å². The van der Waals surface area contributed by atoms with Gasteiger partial charge in [0.15, 0.2) is 0 Å². The summed E-state index contributed by atoms with van der Waals surface area (Å²) in [6.45, 7) is 8.35. The van der Waals surface area contributed by atoms with E-state index in [2.05, 4.69) is 117 Å². The molecule has 4 heteroatoms. The van der Waals surface area contributed by atoms with Gasteiger partial charge < -0.3 is 9.13 Å². The fourth-order valence-corrected chi connectivity index (χ4v) is 7.36. The van der Waals surface area contributed by atoms with Crippen molar-refractivity contribution in [1.82, 2.24) is 9.13 Å². The molecule has 0 aliphatic carbocycles. The molecule has 0 unspecified atom stereocenters. The molecule has 4 nitrogen and oxygen atoms in total. The van der Waals surface area contributed by atoms with Crippen LogP contribution in [0.2, 0.25) is 0 Å². The average Bonchev–Trinajstić information content (AvgIpc) is 3.67. The van der Waals surface area contributed by atoms with Crippen molar-refractivity contribution < 1.29 is 0 Å². The Morgan fingerprint density at radius 1 is 0.458 bits per heavy atom. The highest BCUT2D eigenvalue weighted by Crippen LogP contribution is 2.42. The zero-order valence-electron chi connectivity index (χ0n) is 25.8. The quantitative estimate of drug-likeness (QED) is 0.183. The fourth-order valence-electron chi connectivity index (χ4n) is 7.36. The molecule has 0 radical (unpaired) electrons. The van der Waals surface area contributed by atoms with Crippen LogP contribution in [0.1, 0.15) is 5.56 Å². The minimum absolute atomic E-state index is 0.548. The summed E-state index contributed by atoms with van der Waals surface area (Å²) in [4.78, 5) is 4.10. The maximum Gasteiger partial charge on any atom is 0.218 e. The van der Waals surface area contributed by atoms with Crippen LogP contribution in [0.5, 0.6) is 0 Å². The first-order chi connectivity index (χ1) is 23.8.